The van der Waals surface area contributed by atoms with Crippen molar-refractivity contribution in [3.8, 4) is 6.07 Å². The lowest BCUT2D eigenvalue weighted by Gasteiger charge is -2.10. The number of aromatic nitrogens is 1. The monoisotopic (exact) mass is 323 g/mol. The Hall–Kier alpha value is -0.810. The van der Waals surface area contributed by atoms with Crippen molar-refractivity contribution in [1.29, 1.82) is 5.26 Å². The molecule has 0 atom stereocenters. The van der Waals surface area contributed by atoms with Gasteiger partial charge in [0.1, 0.15) is 3.70 Å². The van der Waals surface area contributed by atoms with Crippen LogP contribution in [-0.4, -0.2) is 4.98 Å². The van der Waals surface area contributed by atoms with Crippen LogP contribution in [0.1, 0.15) is 23.2 Å². The molecule has 80 valence electrons. The highest BCUT2D eigenvalue weighted by Gasteiger charge is 2.17. The van der Waals surface area contributed by atoms with Gasteiger partial charge in [0.25, 0.3) is 6.43 Å². The van der Waals surface area contributed by atoms with Crippen LogP contribution in [0.15, 0.2) is 6.07 Å². The van der Waals surface area contributed by atoms with E-state index in [2.05, 4.69) is 4.98 Å². The van der Waals surface area contributed by atoms with E-state index in [1.807, 2.05) is 28.7 Å². The molecule has 0 aliphatic rings. The van der Waals surface area contributed by atoms with E-state index in [0.29, 0.717) is 9.39 Å². The zero-order chi connectivity index (χ0) is 11.4. The second-order valence-electron chi connectivity index (χ2n) is 2.80. The zero-order valence-corrected chi connectivity index (χ0v) is 9.83. The first kappa shape index (κ1) is 12.3. The van der Waals surface area contributed by atoms with Crippen LogP contribution in [0.2, 0.25) is 0 Å². The third kappa shape index (κ3) is 2.82. The number of nitriles is 1. The van der Waals surface area contributed by atoms with Crippen molar-refractivity contribution in [3.63, 3.8) is 0 Å². The topological polar surface area (TPSA) is 62.7 Å². The Labute approximate surface area is 99.4 Å². The predicted octanol–water partition coefficient (Wildman–Crippen LogP) is 2.15. The normalized spacial score (nSPS) is 10.4. The maximum Gasteiger partial charge on any atom is 0.264 e. The summed E-state index contributed by atoms with van der Waals surface area (Å²) in [6, 6.07) is 3.19. The van der Waals surface area contributed by atoms with Gasteiger partial charge in [0.05, 0.1) is 18.2 Å². The van der Waals surface area contributed by atoms with Crippen LogP contribution in [0.4, 0.5) is 8.78 Å². The van der Waals surface area contributed by atoms with Gasteiger partial charge >= 0.3 is 0 Å². The molecule has 1 rings (SSSR count). The molecule has 2 N–H and O–H groups in total. The van der Waals surface area contributed by atoms with Crippen molar-refractivity contribution >= 4 is 22.6 Å². The summed E-state index contributed by atoms with van der Waals surface area (Å²) in [5.74, 6) is 0. The molecule has 0 spiro atoms. The van der Waals surface area contributed by atoms with Gasteiger partial charge in [-0.2, -0.15) is 5.26 Å². The minimum absolute atomic E-state index is 0.00307. The molecule has 1 heterocycles. The van der Waals surface area contributed by atoms with Gasteiger partial charge in [-0.1, -0.05) is 0 Å². The fraction of sp³-hybridized carbons (Fsp3) is 0.333. The first-order valence-electron chi connectivity index (χ1n) is 4.13. The Bertz CT molecular complexity index is 401. The Kier molecular flexibility index (Phi) is 4.35. The summed E-state index contributed by atoms with van der Waals surface area (Å²) in [5.41, 5.74) is 5.89. The van der Waals surface area contributed by atoms with Crippen LogP contribution >= 0.6 is 22.6 Å². The molecule has 1 aromatic heterocycles. The summed E-state index contributed by atoms with van der Waals surface area (Å²) >= 11 is 1.84. The van der Waals surface area contributed by atoms with Crippen LogP contribution in [0.25, 0.3) is 0 Å². The molecule has 0 amide bonds. The van der Waals surface area contributed by atoms with Crippen LogP contribution in [0.3, 0.4) is 0 Å². The van der Waals surface area contributed by atoms with E-state index in [1.165, 1.54) is 6.07 Å². The summed E-state index contributed by atoms with van der Waals surface area (Å²) in [6.07, 6.45) is -2.58. The molecular weight excluding hydrogens is 315 g/mol. The number of pyridine rings is 1. The summed E-state index contributed by atoms with van der Waals surface area (Å²) in [7, 11) is 0. The highest BCUT2D eigenvalue weighted by atomic mass is 127. The first-order chi connectivity index (χ1) is 7.10. The maximum absolute atomic E-state index is 12.6. The molecule has 3 nitrogen and oxygen atoms in total. The number of alkyl halides is 2. The molecule has 0 saturated heterocycles. The van der Waals surface area contributed by atoms with Gasteiger partial charge in [0.2, 0.25) is 0 Å². The van der Waals surface area contributed by atoms with E-state index in [4.69, 9.17) is 11.0 Å². The number of hydrogen-bond acceptors (Lipinski definition) is 3. The highest BCUT2D eigenvalue weighted by Crippen LogP contribution is 2.26. The summed E-state index contributed by atoms with van der Waals surface area (Å²) in [4.78, 5) is 4.03. The molecule has 0 aliphatic carbocycles. The molecule has 0 saturated carbocycles. The van der Waals surface area contributed by atoms with Gasteiger partial charge in [-0.05, 0) is 34.2 Å². The second kappa shape index (κ2) is 5.32. The summed E-state index contributed by atoms with van der Waals surface area (Å²) < 4.78 is 25.7. The minimum atomic E-state index is -2.59. The zero-order valence-electron chi connectivity index (χ0n) is 7.67. The van der Waals surface area contributed by atoms with Gasteiger partial charge in [-0.15, -0.1) is 0 Å². The molecule has 0 aromatic carbocycles. The first-order valence-corrected chi connectivity index (χ1v) is 5.21. The van der Waals surface area contributed by atoms with Crippen LogP contribution < -0.4 is 5.73 Å². The van der Waals surface area contributed by atoms with Crippen LogP contribution in [0.5, 0.6) is 0 Å². The summed E-state index contributed by atoms with van der Waals surface area (Å²) in [6.45, 7) is -0.0272. The van der Waals surface area contributed by atoms with Crippen molar-refractivity contribution in [3.05, 3.63) is 26.6 Å². The molecule has 0 bridgehead atoms. The molecule has 0 radical (unpaired) electrons. The highest BCUT2D eigenvalue weighted by molar-refractivity contribution is 14.1. The fourth-order valence-corrected chi connectivity index (χ4v) is 1.89. The third-order valence-electron chi connectivity index (χ3n) is 1.90. The Morgan fingerprint density at radius 1 is 1.60 bits per heavy atom. The predicted molar refractivity (Wildman–Crippen MR) is 59.1 cm³/mol. The molecular formula is C9H8F2IN3. The van der Waals surface area contributed by atoms with Gasteiger partial charge in [-0.3, -0.25) is 0 Å². The van der Waals surface area contributed by atoms with Gasteiger partial charge in [-0.25, -0.2) is 13.8 Å². The van der Waals surface area contributed by atoms with Crippen molar-refractivity contribution in [2.24, 2.45) is 5.73 Å². The largest absolute Gasteiger partial charge is 0.326 e. The lowest BCUT2D eigenvalue weighted by Crippen LogP contribution is -2.09. The average molecular weight is 323 g/mol. The fourth-order valence-electron chi connectivity index (χ4n) is 1.26. The third-order valence-corrected chi connectivity index (χ3v) is 2.45. The van der Waals surface area contributed by atoms with Crippen molar-refractivity contribution in [2.75, 3.05) is 0 Å². The smallest absolute Gasteiger partial charge is 0.264 e. The van der Waals surface area contributed by atoms with Gasteiger partial charge in [0.15, 0.2) is 0 Å². The SMILES string of the molecule is N#CCc1nc(I)cc(C(F)F)c1CN. The number of hydrogen-bond donors (Lipinski definition) is 1. The van der Waals surface area contributed by atoms with E-state index >= 15 is 0 Å². The molecule has 0 unspecified atom stereocenters. The van der Waals surface area contributed by atoms with Crippen molar-refractivity contribution < 1.29 is 8.78 Å². The average Bonchev–Trinajstić information content (AvgIpc) is 2.17. The Morgan fingerprint density at radius 2 is 2.27 bits per heavy atom. The number of nitrogens with two attached hydrogens (primary N) is 1. The lowest BCUT2D eigenvalue weighted by molar-refractivity contribution is 0.150. The van der Waals surface area contributed by atoms with Gasteiger partial charge in [0, 0.05) is 12.1 Å². The number of nitrogens with zero attached hydrogens (tertiary/aromatic N) is 2. The van der Waals surface area contributed by atoms with Crippen LogP contribution in [-0.2, 0) is 13.0 Å². The molecule has 15 heavy (non-hydrogen) atoms. The molecule has 0 fully saturated rings. The molecule has 6 heteroatoms. The summed E-state index contributed by atoms with van der Waals surface area (Å²) in [5, 5.41) is 8.54. The maximum atomic E-state index is 12.6. The molecule has 0 aliphatic heterocycles. The van der Waals surface area contributed by atoms with E-state index < -0.39 is 6.43 Å². The van der Waals surface area contributed by atoms with E-state index in [9.17, 15) is 8.78 Å². The lowest BCUT2D eigenvalue weighted by atomic mass is 10.1. The minimum Gasteiger partial charge on any atom is -0.326 e. The Balaban J connectivity index is 3.33. The Morgan fingerprint density at radius 3 is 2.73 bits per heavy atom. The van der Waals surface area contributed by atoms with Crippen molar-refractivity contribution in [1.82, 2.24) is 4.98 Å². The quantitative estimate of drug-likeness (QED) is 0.685. The van der Waals surface area contributed by atoms with E-state index in [-0.39, 0.29) is 24.1 Å². The van der Waals surface area contributed by atoms with Crippen LogP contribution in [0, 0.1) is 15.0 Å². The van der Waals surface area contributed by atoms with Gasteiger partial charge < -0.3 is 5.73 Å². The van der Waals surface area contributed by atoms with E-state index in [1.54, 1.807) is 0 Å². The van der Waals surface area contributed by atoms with Crippen molar-refractivity contribution in [2.45, 2.75) is 19.4 Å². The van der Waals surface area contributed by atoms with E-state index in [0.717, 1.165) is 0 Å². The second-order valence-corrected chi connectivity index (χ2v) is 3.90. The molecule has 1 aromatic rings. The number of halogens is 3. The standard InChI is InChI=1S/C9H8F2IN3/c10-9(11)5-3-8(12)15-7(1-2-13)6(5)4-14/h3,9H,1,4,14H2. The number of rotatable bonds is 3.